The monoisotopic (exact) mass is 302 g/mol. The number of hydrazone groups is 1. The Morgan fingerprint density at radius 1 is 1.09 bits per heavy atom. The average Bonchev–Trinajstić information content (AvgIpc) is 2.51. The van der Waals surface area contributed by atoms with Crippen LogP contribution < -0.4 is 5.43 Å². The van der Waals surface area contributed by atoms with Gasteiger partial charge in [-0.2, -0.15) is 5.10 Å². The third-order valence-corrected chi connectivity index (χ3v) is 3.41. The van der Waals surface area contributed by atoms with Gasteiger partial charge in [0.05, 0.1) is 0 Å². The van der Waals surface area contributed by atoms with Crippen LogP contribution in [0.4, 0.5) is 13.6 Å². The van der Waals surface area contributed by atoms with Gasteiger partial charge in [-0.15, -0.1) is 0 Å². The molecule has 1 amide bonds. The van der Waals surface area contributed by atoms with Gasteiger partial charge in [-0.3, -0.25) is 0 Å². The van der Waals surface area contributed by atoms with E-state index < -0.39 is 17.7 Å². The van der Waals surface area contributed by atoms with Crippen molar-refractivity contribution in [2.45, 2.75) is 6.92 Å². The van der Waals surface area contributed by atoms with Crippen LogP contribution in [0.2, 0.25) is 0 Å². The van der Waals surface area contributed by atoms with E-state index in [1.54, 1.807) is 12.1 Å². The molecule has 1 aliphatic heterocycles. The SMILES string of the molecule is Cc1cc(C2=NNC(=O)OC2)ccc1-c1ccc(F)c(F)c1. The first-order chi connectivity index (χ1) is 10.5. The molecular weight excluding hydrogens is 290 g/mol. The van der Waals surface area contributed by atoms with Crippen LogP contribution in [-0.2, 0) is 4.74 Å². The van der Waals surface area contributed by atoms with E-state index >= 15 is 0 Å². The van der Waals surface area contributed by atoms with E-state index in [4.69, 9.17) is 4.74 Å². The van der Waals surface area contributed by atoms with Gasteiger partial charge in [-0.25, -0.2) is 19.0 Å². The molecule has 0 spiro atoms. The molecule has 4 nitrogen and oxygen atoms in total. The number of amides is 1. The number of aryl methyl sites for hydroxylation is 1. The maximum Gasteiger partial charge on any atom is 0.428 e. The second kappa shape index (κ2) is 5.55. The highest BCUT2D eigenvalue weighted by atomic mass is 19.2. The van der Waals surface area contributed by atoms with Crippen LogP contribution in [-0.4, -0.2) is 18.4 Å². The van der Waals surface area contributed by atoms with Crippen molar-refractivity contribution < 1.29 is 18.3 Å². The Kier molecular flexibility index (Phi) is 3.58. The Morgan fingerprint density at radius 3 is 2.50 bits per heavy atom. The van der Waals surface area contributed by atoms with Gasteiger partial charge in [0.1, 0.15) is 12.3 Å². The van der Waals surface area contributed by atoms with E-state index in [0.29, 0.717) is 11.3 Å². The zero-order valence-corrected chi connectivity index (χ0v) is 11.7. The summed E-state index contributed by atoms with van der Waals surface area (Å²) in [6, 6.07) is 9.25. The number of carbonyl (C=O) groups is 1. The molecule has 0 fully saturated rings. The molecule has 2 aromatic rings. The van der Waals surface area contributed by atoms with Gasteiger partial charge in [-0.1, -0.05) is 18.2 Å². The summed E-state index contributed by atoms with van der Waals surface area (Å²) in [6.45, 7) is 1.96. The highest BCUT2D eigenvalue weighted by Crippen LogP contribution is 2.26. The van der Waals surface area contributed by atoms with Crippen molar-refractivity contribution >= 4 is 11.8 Å². The Hall–Kier alpha value is -2.76. The van der Waals surface area contributed by atoms with E-state index in [0.717, 1.165) is 22.8 Å². The molecule has 112 valence electrons. The van der Waals surface area contributed by atoms with E-state index in [9.17, 15) is 13.6 Å². The van der Waals surface area contributed by atoms with Crippen molar-refractivity contribution in [3.8, 4) is 11.1 Å². The van der Waals surface area contributed by atoms with E-state index in [2.05, 4.69) is 10.5 Å². The van der Waals surface area contributed by atoms with E-state index in [1.807, 2.05) is 13.0 Å². The molecule has 0 aromatic heterocycles. The summed E-state index contributed by atoms with van der Waals surface area (Å²) in [7, 11) is 0. The zero-order chi connectivity index (χ0) is 15.7. The topological polar surface area (TPSA) is 50.7 Å². The van der Waals surface area contributed by atoms with Crippen molar-refractivity contribution in [2.75, 3.05) is 6.61 Å². The Bertz CT molecular complexity index is 788. The fourth-order valence-corrected chi connectivity index (χ4v) is 2.29. The standard InChI is InChI=1S/C16H12F2N2O2/c1-9-6-11(15-8-22-16(21)20-19-15)2-4-12(9)10-3-5-13(17)14(18)7-10/h2-7H,8H2,1H3,(H,20,21). The predicted molar refractivity (Wildman–Crippen MR) is 77.6 cm³/mol. The van der Waals surface area contributed by atoms with Gasteiger partial charge in [0.25, 0.3) is 0 Å². The quantitative estimate of drug-likeness (QED) is 0.924. The lowest BCUT2D eigenvalue weighted by Crippen LogP contribution is -2.30. The normalized spacial score (nSPS) is 14.1. The van der Waals surface area contributed by atoms with Crippen molar-refractivity contribution in [3.05, 3.63) is 59.2 Å². The first-order valence-corrected chi connectivity index (χ1v) is 6.60. The Labute approximate surface area is 125 Å². The lowest BCUT2D eigenvalue weighted by molar-refractivity contribution is 0.157. The number of nitrogens with zero attached hydrogens (tertiary/aromatic N) is 1. The molecule has 3 rings (SSSR count). The Balaban J connectivity index is 1.95. The van der Waals surface area contributed by atoms with Crippen molar-refractivity contribution in [3.63, 3.8) is 0 Å². The minimum atomic E-state index is -0.881. The van der Waals surface area contributed by atoms with Crippen LogP contribution >= 0.6 is 0 Å². The molecule has 0 saturated carbocycles. The number of ether oxygens (including phenoxy) is 1. The smallest absolute Gasteiger partial charge is 0.428 e. The van der Waals surface area contributed by atoms with Gasteiger partial charge in [0.2, 0.25) is 0 Å². The largest absolute Gasteiger partial charge is 0.442 e. The lowest BCUT2D eigenvalue weighted by atomic mass is 9.97. The number of halogens is 2. The molecule has 0 bridgehead atoms. The third-order valence-electron chi connectivity index (χ3n) is 3.41. The van der Waals surface area contributed by atoms with Crippen LogP contribution in [0.5, 0.6) is 0 Å². The number of cyclic esters (lactones) is 1. The maximum atomic E-state index is 13.4. The molecule has 22 heavy (non-hydrogen) atoms. The Morgan fingerprint density at radius 2 is 1.86 bits per heavy atom. The number of carbonyl (C=O) groups excluding carboxylic acids is 1. The zero-order valence-electron chi connectivity index (χ0n) is 11.7. The minimum Gasteiger partial charge on any atom is -0.442 e. The minimum absolute atomic E-state index is 0.0931. The second-order valence-corrected chi connectivity index (χ2v) is 4.91. The molecule has 0 atom stereocenters. The first-order valence-electron chi connectivity index (χ1n) is 6.60. The fraction of sp³-hybridized carbons (Fsp3) is 0.125. The average molecular weight is 302 g/mol. The van der Waals surface area contributed by atoms with Crippen LogP contribution in [0, 0.1) is 18.6 Å². The third kappa shape index (κ3) is 2.67. The number of hydrogen-bond acceptors (Lipinski definition) is 3. The molecule has 0 unspecified atom stereocenters. The number of hydrogen-bond donors (Lipinski definition) is 1. The number of nitrogens with one attached hydrogen (secondary N) is 1. The summed E-state index contributed by atoms with van der Waals surface area (Å²) in [4.78, 5) is 10.9. The maximum absolute atomic E-state index is 13.4. The van der Waals surface area contributed by atoms with Gasteiger partial charge in [-0.05, 0) is 41.8 Å². The fourth-order valence-electron chi connectivity index (χ4n) is 2.29. The first kappa shape index (κ1) is 14.2. The summed E-state index contributed by atoms with van der Waals surface area (Å²) >= 11 is 0. The summed E-state index contributed by atoms with van der Waals surface area (Å²) in [6.07, 6.45) is -0.584. The predicted octanol–water partition coefficient (Wildman–Crippen LogP) is 3.38. The van der Waals surface area contributed by atoms with Gasteiger partial charge >= 0.3 is 6.09 Å². The number of benzene rings is 2. The summed E-state index contributed by atoms with van der Waals surface area (Å²) in [5.41, 5.74) is 5.91. The summed E-state index contributed by atoms with van der Waals surface area (Å²) in [5.74, 6) is -1.75. The molecule has 2 aromatic carbocycles. The van der Waals surface area contributed by atoms with Crippen LogP contribution in [0.3, 0.4) is 0 Å². The number of rotatable bonds is 2. The summed E-state index contributed by atoms with van der Waals surface area (Å²) < 4.78 is 31.2. The van der Waals surface area contributed by atoms with E-state index in [1.165, 1.54) is 12.1 Å². The molecule has 6 heteroatoms. The molecular formula is C16H12F2N2O2. The van der Waals surface area contributed by atoms with Crippen LogP contribution in [0.25, 0.3) is 11.1 Å². The summed E-state index contributed by atoms with van der Waals surface area (Å²) in [5, 5.41) is 3.93. The van der Waals surface area contributed by atoms with Gasteiger partial charge < -0.3 is 4.74 Å². The molecule has 1 aliphatic rings. The molecule has 0 aliphatic carbocycles. The van der Waals surface area contributed by atoms with E-state index in [-0.39, 0.29) is 6.61 Å². The molecule has 1 N–H and O–H groups in total. The second-order valence-electron chi connectivity index (χ2n) is 4.91. The van der Waals surface area contributed by atoms with Crippen molar-refractivity contribution in [1.82, 2.24) is 5.43 Å². The molecule has 0 saturated heterocycles. The van der Waals surface area contributed by atoms with Gasteiger partial charge in [0, 0.05) is 5.56 Å². The van der Waals surface area contributed by atoms with Crippen LogP contribution in [0.1, 0.15) is 11.1 Å². The van der Waals surface area contributed by atoms with Gasteiger partial charge in [0.15, 0.2) is 11.6 Å². The van der Waals surface area contributed by atoms with Crippen molar-refractivity contribution in [1.29, 1.82) is 0 Å². The van der Waals surface area contributed by atoms with Crippen LogP contribution in [0.15, 0.2) is 41.5 Å². The highest BCUT2D eigenvalue weighted by Gasteiger charge is 2.15. The highest BCUT2D eigenvalue weighted by molar-refractivity contribution is 6.04. The lowest BCUT2D eigenvalue weighted by Gasteiger charge is -2.15. The molecule has 0 radical (unpaired) electrons. The van der Waals surface area contributed by atoms with Crippen molar-refractivity contribution in [2.24, 2.45) is 5.10 Å². The molecule has 1 heterocycles.